The molecule has 146 valence electrons. The molecule has 0 aromatic heterocycles. The molecule has 2 N–H and O–H groups in total. The van der Waals surface area contributed by atoms with Crippen molar-refractivity contribution in [1.29, 1.82) is 0 Å². The van der Waals surface area contributed by atoms with Crippen LogP contribution in [0.3, 0.4) is 0 Å². The Labute approximate surface area is 158 Å². The molecule has 1 unspecified atom stereocenters. The summed E-state index contributed by atoms with van der Waals surface area (Å²) in [5.41, 5.74) is 9.73. The Morgan fingerprint density at radius 2 is 2.00 bits per heavy atom. The van der Waals surface area contributed by atoms with E-state index < -0.39 is 0 Å². The van der Waals surface area contributed by atoms with Crippen LogP contribution < -0.4 is 10.5 Å². The summed E-state index contributed by atoms with van der Waals surface area (Å²) >= 11 is 0. The van der Waals surface area contributed by atoms with Gasteiger partial charge in [-0.05, 0) is 54.9 Å². The van der Waals surface area contributed by atoms with E-state index in [1.807, 2.05) is 0 Å². The second-order valence-electron chi connectivity index (χ2n) is 8.13. The third-order valence-electron chi connectivity index (χ3n) is 6.33. The summed E-state index contributed by atoms with van der Waals surface area (Å²) < 4.78 is 16.6. The molecule has 0 aliphatic heterocycles. The molecular formula is C22H35NO3. The van der Waals surface area contributed by atoms with Crippen LogP contribution in [0.15, 0.2) is 18.2 Å². The Balaban J connectivity index is 1.63. The van der Waals surface area contributed by atoms with Crippen LogP contribution in [0.25, 0.3) is 0 Å². The van der Waals surface area contributed by atoms with Crippen LogP contribution in [-0.4, -0.2) is 39.6 Å². The minimum absolute atomic E-state index is 0.0781. The molecule has 1 aromatic rings. The van der Waals surface area contributed by atoms with Gasteiger partial charge in [-0.1, -0.05) is 32.3 Å². The van der Waals surface area contributed by atoms with Crippen LogP contribution in [0.2, 0.25) is 0 Å². The Morgan fingerprint density at radius 3 is 2.85 bits per heavy atom. The van der Waals surface area contributed by atoms with Crippen molar-refractivity contribution in [2.75, 3.05) is 33.5 Å². The lowest BCUT2D eigenvalue weighted by atomic mass is 9.60. The Hall–Kier alpha value is -1.10. The van der Waals surface area contributed by atoms with Gasteiger partial charge in [0, 0.05) is 31.8 Å². The van der Waals surface area contributed by atoms with E-state index in [2.05, 4.69) is 25.1 Å². The number of rotatable bonds is 8. The summed E-state index contributed by atoms with van der Waals surface area (Å²) in [6.45, 7) is 5.02. The SMILES string of the molecule is COCCCOCCOc1ccc2c(c1)[C@@]1(C)CCCCC[C@@H](C2)C1N. The molecule has 0 saturated heterocycles. The van der Waals surface area contributed by atoms with E-state index in [-0.39, 0.29) is 11.5 Å². The number of benzene rings is 1. The van der Waals surface area contributed by atoms with Crippen LogP contribution in [-0.2, 0) is 21.3 Å². The number of ether oxygens (including phenoxy) is 3. The van der Waals surface area contributed by atoms with Crippen molar-refractivity contribution >= 4 is 0 Å². The lowest BCUT2D eigenvalue weighted by Crippen LogP contribution is -2.52. The second-order valence-corrected chi connectivity index (χ2v) is 8.13. The topological polar surface area (TPSA) is 53.7 Å². The number of fused-ring (bicyclic) bond motifs is 4. The van der Waals surface area contributed by atoms with Crippen molar-refractivity contribution in [2.24, 2.45) is 11.7 Å². The fraction of sp³-hybridized carbons (Fsp3) is 0.727. The van der Waals surface area contributed by atoms with Crippen molar-refractivity contribution < 1.29 is 14.2 Å². The molecule has 0 spiro atoms. The highest BCUT2D eigenvalue weighted by molar-refractivity contribution is 5.44. The molecule has 2 bridgehead atoms. The molecule has 3 atom stereocenters. The lowest BCUT2D eigenvalue weighted by Gasteiger charge is -2.47. The van der Waals surface area contributed by atoms with Crippen molar-refractivity contribution in [1.82, 2.24) is 0 Å². The van der Waals surface area contributed by atoms with Gasteiger partial charge in [-0.25, -0.2) is 0 Å². The average Bonchev–Trinajstić information content (AvgIpc) is 2.64. The summed E-state index contributed by atoms with van der Waals surface area (Å²) in [5.74, 6) is 1.57. The van der Waals surface area contributed by atoms with Gasteiger partial charge in [0.05, 0.1) is 6.61 Å². The molecule has 0 heterocycles. The molecule has 0 amide bonds. The summed E-state index contributed by atoms with van der Waals surface area (Å²) in [6, 6.07) is 6.89. The minimum Gasteiger partial charge on any atom is -0.491 e. The van der Waals surface area contributed by atoms with E-state index in [0.29, 0.717) is 19.1 Å². The molecule has 3 rings (SSSR count). The van der Waals surface area contributed by atoms with Gasteiger partial charge in [0.2, 0.25) is 0 Å². The molecule has 4 nitrogen and oxygen atoms in total. The molecule has 2 aliphatic rings. The second kappa shape index (κ2) is 9.20. The van der Waals surface area contributed by atoms with Gasteiger partial charge in [0.1, 0.15) is 12.4 Å². The van der Waals surface area contributed by atoms with Gasteiger partial charge in [-0.15, -0.1) is 0 Å². The van der Waals surface area contributed by atoms with Crippen molar-refractivity contribution in [2.45, 2.75) is 63.3 Å². The highest BCUT2D eigenvalue weighted by atomic mass is 16.5. The van der Waals surface area contributed by atoms with Gasteiger partial charge in [-0.2, -0.15) is 0 Å². The number of hydrogen-bond donors (Lipinski definition) is 1. The zero-order chi connectivity index (χ0) is 18.4. The predicted octanol–water partition coefficient (Wildman–Crippen LogP) is 3.84. The molecule has 1 saturated carbocycles. The minimum atomic E-state index is 0.0781. The van der Waals surface area contributed by atoms with Gasteiger partial charge in [0.15, 0.2) is 0 Å². The molecule has 2 aliphatic carbocycles. The number of hydrogen-bond acceptors (Lipinski definition) is 4. The normalized spacial score (nSPS) is 28.1. The summed E-state index contributed by atoms with van der Waals surface area (Å²) in [7, 11) is 1.71. The largest absolute Gasteiger partial charge is 0.491 e. The zero-order valence-electron chi connectivity index (χ0n) is 16.5. The van der Waals surface area contributed by atoms with E-state index in [1.54, 1.807) is 7.11 Å². The highest BCUT2D eigenvalue weighted by Gasteiger charge is 2.43. The molecule has 26 heavy (non-hydrogen) atoms. The van der Waals surface area contributed by atoms with Crippen molar-refractivity contribution in [3.8, 4) is 5.75 Å². The summed E-state index contributed by atoms with van der Waals surface area (Å²) in [5, 5.41) is 0. The summed E-state index contributed by atoms with van der Waals surface area (Å²) in [4.78, 5) is 0. The van der Waals surface area contributed by atoms with Crippen molar-refractivity contribution in [3.63, 3.8) is 0 Å². The van der Waals surface area contributed by atoms with Gasteiger partial charge < -0.3 is 19.9 Å². The predicted molar refractivity (Wildman–Crippen MR) is 105 cm³/mol. The maximum absolute atomic E-state index is 6.76. The summed E-state index contributed by atoms with van der Waals surface area (Å²) in [6.07, 6.45) is 8.44. The standard InChI is InChI=1S/C22H35NO3/c1-22-10-5-3-4-7-18(21(22)23)15-17-8-9-19(16-20(17)22)26-14-13-25-12-6-11-24-2/h8-9,16,18,21H,3-7,10-15,23H2,1-2H3/t18-,21?,22+/m0/s1. The third kappa shape index (κ3) is 4.41. The smallest absolute Gasteiger partial charge is 0.119 e. The van der Waals surface area contributed by atoms with Gasteiger partial charge in [-0.3, -0.25) is 0 Å². The van der Waals surface area contributed by atoms with Crippen LogP contribution in [0, 0.1) is 5.92 Å². The average molecular weight is 362 g/mol. The quantitative estimate of drug-likeness (QED) is 0.715. The van der Waals surface area contributed by atoms with E-state index in [9.17, 15) is 0 Å². The van der Waals surface area contributed by atoms with Gasteiger partial charge in [0.25, 0.3) is 0 Å². The molecule has 1 fully saturated rings. The fourth-order valence-electron chi connectivity index (χ4n) is 4.75. The van der Waals surface area contributed by atoms with E-state index >= 15 is 0 Å². The Bertz CT molecular complexity index is 577. The first-order valence-electron chi connectivity index (χ1n) is 10.2. The van der Waals surface area contributed by atoms with E-state index in [0.717, 1.165) is 31.8 Å². The fourth-order valence-corrected chi connectivity index (χ4v) is 4.75. The lowest BCUT2D eigenvalue weighted by molar-refractivity contribution is 0.0805. The number of nitrogens with two attached hydrogens (primary N) is 1. The molecule has 0 radical (unpaired) electrons. The zero-order valence-corrected chi connectivity index (χ0v) is 16.5. The van der Waals surface area contributed by atoms with Crippen LogP contribution in [0.4, 0.5) is 0 Å². The monoisotopic (exact) mass is 361 g/mol. The van der Waals surface area contributed by atoms with E-state index in [1.165, 1.54) is 43.2 Å². The molecular weight excluding hydrogens is 326 g/mol. The van der Waals surface area contributed by atoms with Crippen LogP contribution >= 0.6 is 0 Å². The van der Waals surface area contributed by atoms with Gasteiger partial charge >= 0.3 is 0 Å². The maximum Gasteiger partial charge on any atom is 0.119 e. The first-order chi connectivity index (χ1) is 12.6. The van der Waals surface area contributed by atoms with E-state index in [4.69, 9.17) is 19.9 Å². The number of methoxy groups -OCH3 is 1. The first-order valence-corrected chi connectivity index (χ1v) is 10.2. The van der Waals surface area contributed by atoms with Crippen molar-refractivity contribution in [3.05, 3.63) is 29.3 Å². The molecule has 4 heteroatoms. The van der Waals surface area contributed by atoms with Crippen LogP contribution in [0.1, 0.15) is 56.6 Å². The Morgan fingerprint density at radius 1 is 1.12 bits per heavy atom. The maximum atomic E-state index is 6.76. The molecule has 1 aromatic carbocycles. The third-order valence-corrected chi connectivity index (χ3v) is 6.33. The Kier molecular flexibility index (Phi) is 6.96. The van der Waals surface area contributed by atoms with Crippen LogP contribution in [0.5, 0.6) is 5.75 Å². The highest BCUT2D eigenvalue weighted by Crippen LogP contribution is 2.46. The first kappa shape index (κ1) is 19.7.